The number of hydrogen-bond donors (Lipinski definition) is 0. The smallest absolute Gasteiger partial charge is 0.240 e. The van der Waals surface area contributed by atoms with Crippen molar-refractivity contribution >= 4 is 17.5 Å². The van der Waals surface area contributed by atoms with Crippen molar-refractivity contribution in [2.45, 2.75) is 32.0 Å². The molecule has 4 atom stereocenters. The van der Waals surface area contributed by atoms with Crippen LogP contribution >= 0.6 is 0 Å². The van der Waals surface area contributed by atoms with Gasteiger partial charge in [0.1, 0.15) is 0 Å². The number of carbonyl (C=O) groups is 2. The highest BCUT2D eigenvalue weighted by molar-refractivity contribution is 6.22. The quantitative estimate of drug-likeness (QED) is 0.719. The van der Waals surface area contributed by atoms with Gasteiger partial charge in [0.05, 0.1) is 29.7 Å². The number of anilines is 1. The van der Waals surface area contributed by atoms with E-state index < -0.39 is 0 Å². The summed E-state index contributed by atoms with van der Waals surface area (Å²) in [7, 11) is 0. The maximum atomic E-state index is 12.5. The van der Waals surface area contributed by atoms with Crippen LogP contribution in [0.3, 0.4) is 0 Å². The molecule has 4 rings (SSSR count). The molecule has 1 aromatic carbocycles. The normalized spacial score (nSPS) is 36.2. The molecule has 4 nitrogen and oxygen atoms in total. The van der Waals surface area contributed by atoms with Crippen LogP contribution in [0.15, 0.2) is 24.3 Å². The number of amides is 2. The Kier molecular flexibility index (Phi) is 2.16. The fraction of sp³-hybridized carbons (Fsp3) is 0.467. The van der Waals surface area contributed by atoms with Crippen LogP contribution < -0.4 is 4.90 Å². The van der Waals surface area contributed by atoms with Gasteiger partial charge in [-0.1, -0.05) is 12.1 Å². The molecule has 3 aliphatic rings. The highest BCUT2D eigenvalue weighted by Gasteiger charge is 2.62. The fourth-order valence-corrected chi connectivity index (χ4v) is 3.73. The van der Waals surface area contributed by atoms with Gasteiger partial charge in [0, 0.05) is 0 Å². The van der Waals surface area contributed by atoms with E-state index in [1.54, 1.807) is 0 Å². The summed E-state index contributed by atoms with van der Waals surface area (Å²) in [4.78, 5) is 26.4. The van der Waals surface area contributed by atoms with Gasteiger partial charge in [-0.2, -0.15) is 0 Å². The first-order chi connectivity index (χ1) is 9.16. The number of rotatable bonds is 1. The predicted octanol–water partition coefficient (Wildman–Crippen LogP) is 1.66. The van der Waals surface area contributed by atoms with Gasteiger partial charge in [-0.3, -0.25) is 9.59 Å². The highest BCUT2D eigenvalue weighted by atomic mass is 16.5. The Hall–Kier alpha value is -1.68. The molecular weight excluding hydrogens is 242 g/mol. The van der Waals surface area contributed by atoms with Gasteiger partial charge < -0.3 is 4.74 Å². The molecule has 0 N–H and O–H groups in total. The molecule has 3 heterocycles. The molecule has 1 aromatic rings. The van der Waals surface area contributed by atoms with Crippen LogP contribution in [0.25, 0.3) is 0 Å². The second-order valence-electron chi connectivity index (χ2n) is 5.69. The molecule has 0 saturated carbocycles. The molecule has 0 aromatic heterocycles. The van der Waals surface area contributed by atoms with Gasteiger partial charge in [-0.15, -0.1) is 0 Å². The van der Waals surface area contributed by atoms with Crippen LogP contribution in [0.1, 0.15) is 18.4 Å². The summed E-state index contributed by atoms with van der Waals surface area (Å²) in [6, 6.07) is 7.55. The van der Waals surface area contributed by atoms with Gasteiger partial charge in [0.2, 0.25) is 11.8 Å². The maximum Gasteiger partial charge on any atom is 0.240 e. The van der Waals surface area contributed by atoms with Gasteiger partial charge in [0.25, 0.3) is 0 Å². The van der Waals surface area contributed by atoms with Crippen molar-refractivity contribution < 1.29 is 14.3 Å². The summed E-state index contributed by atoms with van der Waals surface area (Å²) in [6.45, 7) is 1.96. The zero-order valence-electron chi connectivity index (χ0n) is 10.7. The van der Waals surface area contributed by atoms with Crippen LogP contribution in [-0.4, -0.2) is 24.0 Å². The van der Waals surface area contributed by atoms with Crippen molar-refractivity contribution in [2.75, 3.05) is 4.90 Å². The summed E-state index contributed by atoms with van der Waals surface area (Å²) < 4.78 is 5.72. The number of ether oxygens (including phenoxy) is 1. The van der Waals surface area contributed by atoms with Crippen molar-refractivity contribution in [3.05, 3.63) is 29.8 Å². The molecule has 3 aliphatic heterocycles. The number of hydrogen-bond acceptors (Lipinski definition) is 3. The first-order valence-electron chi connectivity index (χ1n) is 6.77. The number of nitrogens with zero attached hydrogens (tertiary/aromatic N) is 1. The molecule has 19 heavy (non-hydrogen) atoms. The number of aryl methyl sites for hydroxylation is 1. The van der Waals surface area contributed by atoms with E-state index in [4.69, 9.17) is 4.74 Å². The molecule has 4 heteroatoms. The summed E-state index contributed by atoms with van der Waals surface area (Å²) in [5, 5.41) is 0. The fourth-order valence-electron chi connectivity index (χ4n) is 3.73. The van der Waals surface area contributed by atoms with Crippen molar-refractivity contribution in [3.63, 3.8) is 0 Å². The molecule has 98 valence electrons. The highest BCUT2D eigenvalue weighted by Crippen LogP contribution is 2.49. The zero-order chi connectivity index (χ0) is 13.1. The third-order valence-corrected chi connectivity index (χ3v) is 4.54. The molecule has 2 amide bonds. The molecule has 0 aliphatic carbocycles. The number of fused-ring (bicyclic) bond motifs is 5. The van der Waals surface area contributed by atoms with Gasteiger partial charge in [-0.25, -0.2) is 4.90 Å². The van der Waals surface area contributed by atoms with Gasteiger partial charge in [0.15, 0.2) is 0 Å². The number of benzene rings is 1. The summed E-state index contributed by atoms with van der Waals surface area (Å²) in [5.41, 5.74) is 1.75. The first kappa shape index (κ1) is 11.2. The summed E-state index contributed by atoms with van der Waals surface area (Å²) >= 11 is 0. The lowest BCUT2D eigenvalue weighted by atomic mass is 9.81. The van der Waals surface area contributed by atoms with Crippen molar-refractivity contribution in [3.8, 4) is 0 Å². The van der Waals surface area contributed by atoms with Crippen LogP contribution in [0.2, 0.25) is 0 Å². The molecule has 3 fully saturated rings. The van der Waals surface area contributed by atoms with E-state index in [-0.39, 0.29) is 35.9 Å². The minimum Gasteiger partial charge on any atom is -0.373 e. The standard InChI is InChI=1S/C15H15NO3/c1-8-3-2-4-9(7-8)16-14(17)12-10-5-6-11(19-10)13(12)15(16)18/h2-4,7,10-13H,5-6H2,1H3/t10-,11+,12-,13+. The minimum absolute atomic E-state index is 0.0405. The van der Waals surface area contributed by atoms with Crippen LogP contribution in [0.4, 0.5) is 5.69 Å². The van der Waals surface area contributed by atoms with E-state index in [1.807, 2.05) is 31.2 Å². The monoisotopic (exact) mass is 257 g/mol. The Balaban J connectivity index is 1.75. The Morgan fingerprint density at radius 1 is 1.11 bits per heavy atom. The lowest BCUT2D eigenvalue weighted by Gasteiger charge is -2.17. The summed E-state index contributed by atoms with van der Waals surface area (Å²) in [6.07, 6.45) is 1.74. The van der Waals surface area contributed by atoms with Crippen molar-refractivity contribution in [1.82, 2.24) is 0 Å². The Morgan fingerprint density at radius 2 is 1.74 bits per heavy atom. The van der Waals surface area contributed by atoms with Crippen molar-refractivity contribution in [2.24, 2.45) is 11.8 Å². The Labute approximate surface area is 111 Å². The van der Waals surface area contributed by atoms with Crippen LogP contribution in [0, 0.1) is 18.8 Å². The number of imide groups is 1. The third-order valence-electron chi connectivity index (χ3n) is 4.54. The average molecular weight is 257 g/mol. The van der Waals surface area contributed by atoms with E-state index >= 15 is 0 Å². The third kappa shape index (κ3) is 1.38. The summed E-state index contributed by atoms with van der Waals surface area (Å²) in [5.74, 6) is -0.640. The lowest BCUT2D eigenvalue weighted by molar-refractivity contribution is -0.124. The lowest BCUT2D eigenvalue weighted by Crippen LogP contribution is -2.34. The molecular formula is C15H15NO3. The topological polar surface area (TPSA) is 46.6 Å². The average Bonchev–Trinajstić information content (AvgIpc) is 3.04. The van der Waals surface area contributed by atoms with Gasteiger partial charge in [-0.05, 0) is 37.5 Å². The second kappa shape index (κ2) is 3.67. The Morgan fingerprint density at radius 3 is 2.32 bits per heavy atom. The predicted molar refractivity (Wildman–Crippen MR) is 68.5 cm³/mol. The maximum absolute atomic E-state index is 12.5. The first-order valence-corrected chi connectivity index (χ1v) is 6.77. The van der Waals surface area contributed by atoms with E-state index in [0.29, 0.717) is 5.69 Å². The van der Waals surface area contributed by atoms with Crippen LogP contribution in [-0.2, 0) is 14.3 Å². The van der Waals surface area contributed by atoms with Crippen LogP contribution in [0.5, 0.6) is 0 Å². The number of carbonyl (C=O) groups excluding carboxylic acids is 2. The molecule has 0 radical (unpaired) electrons. The largest absolute Gasteiger partial charge is 0.373 e. The SMILES string of the molecule is Cc1cccc(N2C(=O)[C@@H]3[C@H](C2=O)[C@H]2CC[C@@H]3O2)c1. The van der Waals surface area contributed by atoms with E-state index in [9.17, 15) is 9.59 Å². The Bertz CT molecular complexity index is 555. The van der Waals surface area contributed by atoms with E-state index in [1.165, 1.54) is 4.90 Å². The van der Waals surface area contributed by atoms with E-state index in [0.717, 1.165) is 18.4 Å². The minimum atomic E-state index is -0.244. The van der Waals surface area contributed by atoms with Gasteiger partial charge >= 0.3 is 0 Å². The molecule has 2 bridgehead atoms. The van der Waals surface area contributed by atoms with E-state index in [2.05, 4.69) is 0 Å². The second-order valence-corrected chi connectivity index (χ2v) is 5.69. The molecule has 0 spiro atoms. The molecule has 3 saturated heterocycles. The zero-order valence-corrected chi connectivity index (χ0v) is 10.7. The molecule has 0 unspecified atom stereocenters. The van der Waals surface area contributed by atoms with Crippen molar-refractivity contribution in [1.29, 1.82) is 0 Å².